The molecule has 1 aliphatic heterocycles. The van der Waals surface area contributed by atoms with Gasteiger partial charge in [0.2, 0.25) is 5.91 Å². The van der Waals surface area contributed by atoms with Gasteiger partial charge in [0.05, 0.1) is 24.0 Å². The van der Waals surface area contributed by atoms with E-state index in [9.17, 15) is 9.59 Å². The predicted octanol–water partition coefficient (Wildman–Crippen LogP) is 3.29. The summed E-state index contributed by atoms with van der Waals surface area (Å²) in [7, 11) is 1.33. The molecular weight excluding hydrogens is 304 g/mol. The predicted molar refractivity (Wildman–Crippen MR) is 93.9 cm³/mol. The van der Waals surface area contributed by atoms with Crippen molar-refractivity contribution in [2.75, 3.05) is 23.9 Å². The molecule has 2 aromatic carbocycles. The molecule has 0 saturated heterocycles. The first-order valence-electron chi connectivity index (χ1n) is 7.69. The van der Waals surface area contributed by atoms with Gasteiger partial charge in [-0.05, 0) is 29.8 Å². The highest BCUT2D eigenvalue weighted by Gasteiger charge is 2.19. The Balaban J connectivity index is 1.94. The smallest absolute Gasteiger partial charge is 0.337 e. The summed E-state index contributed by atoms with van der Waals surface area (Å²) in [5.74, 6) is -0.503. The molecule has 1 amide bonds. The van der Waals surface area contributed by atoms with Gasteiger partial charge >= 0.3 is 5.97 Å². The highest BCUT2D eigenvalue weighted by molar-refractivity contribution is 5.99. The minimum Gasteiger partial charge on any atom is -0.465 e. The molecule has 0 bridgehead atoms. The molecule has 5 heteroatoms. The van der Waals surface area contributed by atoms with Crippen LogP contribution in [-0.4, -0.2) is 25.5 Å². The number of anilines is 2. The van der Waals surface area contributed by atoms with E-state index in [0.29, 0.717) is 24.2 Å². The van der Waals surface area contributed by atoms with E-state index in [4.69, 9.17) is 4.74 Å². The minimum absolute atomic E-state index is 0.0751. The van der Waals surface area contributed by atoms with Gasteiger partial charge in [0.1, 0.15) is 0 Å². The van der Waals surface area contributed by atoms with E-state index >= 15 is 0 Å². The fourth-order valence-electron chi connectivity index (χ4n) is 2.58. The summed E-state index contributed by atoms with van der Waals surface area (Å²) in [6, 6.07) is 15.1. The third kappa shape index (κ3) is 3.46. The number of methoxy groups -OCH3 is 1. The highest BCUT2D eigenvalue weighted by atomic mass is 16.5. The van der Waals surface area contributed by atoms with Gasteiger partial charge in [0, 0.05) is 19.2 Å². The first-order chi connectivity index (χ1) is 11.7. The van der Waals surface area contributed by atoms with Crippen LogP contribution in [0.3, 0.4) is 0 Å². The molecule has 0 saturated carbocycles. The van der Waals surface area contributed by atoms with Gasteiger partial charge < -0.3 is 15.0 Å². The van der Waals surface area contributed by atoms with Crippen molar-refractivity contribution >= 4 is 29.3 Å². The number of nitrogens with zero attached hydrogens (tertiary/aromatic N) is 1. The molecule has 1 aliphatic rings. The lowest BCUT2D eigenvalue weighted by atomic mass is 10.1. The number of ether oxygens (including phenoxy) is 1. The Labute approximate surface area is 140 Å². The number of rotatable bonds is 3. The molecular formula is C19H18N2O3. The van der Waals surface area contributed by atoms with E-state index in [2.05, 4.69) is 5.32 Å². The maximum Gasteiger partial charge on any atom is 0.337 e. The average molecular weight is 322 g/mol. The fourth-order valence-corrected chi connectivity index (χ4v) is 2.58. The van der Waals surface area contributed by atoms with Crippen molar-refractivity contribution in [1.29, 1.82) is 0 Å². The molecule has 1 heterocycles. The minimum atomic E-state index is -0.428. The Morgan fingerprint density at radius 3 is 2.75 bits per heavy atom. The van der Waals surface area contributed by atoms with E-state index in [-0.39, 0.29) is 5.91 Å². The van der Waals surface area contributed by atoms with E-state index in [0.717, 1.165) is 11.3 Å². The third-order valence-corrected chi connectivity index (χ3v) is 3.83. The second kappa shape index (κ2) is 7.00. The molecule has 24 heavy (non-hydrogen) atoms. The lowest BCUT2D eigenvalue weighted by Crippen LogP contribution is -2.17. The summed E-state index contributed by atoms with van der Waals surface area (Å²) >= 11 is 0. The normalized spacial score (nSPS) is 14.0. The van der Waals surface area contributed by atoms with Crippen LogP contribution in [0.4, 0.5) is 11.4 Å². The van der Waals surface area contributed by atoms with Crippen molar-refractivity contribution in [3.8, 4) is 0 Å². The van der Waals surface area contributed by atoms with Gasteiger partial charge in [-0.15, -0.1) is 0 Å². The Morgan fingerprint density at radius 2 is 2.00 bits per heavy atom. The molecule has 0 fully saturated rings. The summed E-state index contributed by atoms with van der Waals surface area (Å²) in [6.07, 6.45) is 4.32. The Hall–Kier alpha value is -3.08. The lowest BCUT2D eigenvalue weighted by Gasteiger charge is -2.20. The van der Waals surface area contributed by atoms with Crippen molar-refractivity contribution in [2.24, 2.45) is 0 Å². The maximum atomic E-state index is 11.9. The first-order valence-corrected chi connectivity index (χ1v) is 7.69. The van der Waals surface area contributed by atoms with Crippen molar-refractivity contribution in [3.05, 3.63) is 65.9 Å². The molecule has 1 N–H and O–H groups in total. The monoisotopic (exact) mass is 322 g/mol. The first kappa shape index (κ1) is 15.8. The van der Waals surface area contributed by atoms with Crippen LogP contribution in [0.5, 0.6) is 0 Å². The summed E-state index contributed by atoms with van der Waals surface area (Å²) in [4.78, 5) is 25.6. The number of carbonyl (C=O) groups is 2. The molecule has 0 aliphatic carbocycles. The summed E-state index contributed by atoms with van der Waals surface area (Å²) in [5.41, 5.74) is 2.94. The van der Waals surface area contributed by atoms with Crippen LogP contribution in [-0.2, 0) is 9.53 Å². The van der Waals surface area contributed by atoms with Crippen molar-refractivity contribution < 1.29 is 14.3 Å². The second-order valence-corrected chi connectivity index (χ2v) is 5.44. The van der Waals surface area contributed by atoms with Crippen LogP contribution >= 0.6 is 0 Å². The van der Waals surface area contributed by atoms with Gasteiger partial charge in [0.15, 0.2) is 0 Å². The number of carbonyl (C=O) groups excluding carboxylic acids is 2. The number of amides is 1. The van der Waals surface area contributed by atoms with Gasteiger partial charge in [-0.1, -0.05) is 30.3 Å². The van der Waals surface area contributed by atoms with Crippen molar-refractivity contribution in [1.82, 2.24) is 0 Å². The molecule has 5 nitrogen and oxygen atoms in total. The summed E-state index contributed by atoms with van der Waals surface area (Å²) in [6.45, 7) is 0.569. The van der Waals surface area contributed by atoms with E-state index in [1.54, 1.807) is 12.1 Å². The number of fused-ring (bicyclic) bond motifs is 1. The van der Waals surface area contributed by atoms with Crippen LogP contribution in [0.2, 0.25) is 0 Å². The Bertz CT molecular complexity index is 784. The zero-order valence-electron chi connectivity index (χ0n) is 13.4. The Morgan fingerprint density at radius 1 is 1.21 bits per heavy atom. The number of hydrogen-bond acceptors (Lipinski definition) is 4. The summed E-state index contributed by atoms with van der Waals surface area (Å²) in [5, 5.41) is 2.85. The topological polar surface area (TPSA) is 58.6 Å². The van der Waals surface area contributed by atoms with E-state index in [1.807, 2.05) is 53.6 Å². The second-order valence-electron chi connectivity index (χ2n) is 5.44. The van der Waals surface area contributed by atoms with Crippen molar-refractivity contribution in [3.63, 3.8) is 0 Å². The van der Waals surface area contributed by atoms with E-state index < -0.39 is 5.97 Å². The lowest BCUT2D eigenvalue weighted by molar-refractivity contribution is -0.115. The maximum absolute atomic E-state index is 11.9. The number of nitrogens with one attached hydrogen (secondary N) is 1. The van der Waals surface area contributed by atoms with Crippen LogP contribution in [0.25, 0.3) is 6.08 Å². The zero-order chi connectivity index (χ0) is 16.9. The zero-order valence-corrected chi connectivity index (χ0v) is 13.4. The van der Waals surface area contributed by atoms with Gasteiger partial charge in [-0.2, -0.15) is 0 Å². The molecule has 0 atom stereocenters. The number of benzene rings is 2. The fraction of sp³-hybridized carbons (Fsp3) is 0.158. The third-order valence-electron chi connectivity index (χ3n) is 3.83. The molecule has 3 rings (SSSR count). The standard InChI is InChI=1S/C19H18N2O3/c1-24-19(23)15-7-8-17-16(13-15)20-18(22)10-12-21(17)11-9-14-5-3-2-4-6-14/h2-9,11,13H,10,12H2,1H3,(H,20,22)/b11-9+. The van der Waals surface area contributed by atoms with Gasteiger partial charge in [-0.3, -0.25) is 4.79 Å². The Kier molecular flexibility index (Phi) is 4.61. The van der Waals surface area contributed by atoms with Crippen molar-refractivity contribution in [2.45, 2.75) is 6.42 Å². The quantitative estimate of drug-likeness (QED) is 0.881. The van der Waals surface area contributed by atoms with Gasteiger partial charge in [0.25, 0.3) is 0 Å². The largest absolute Gasteiger partial charge is 0.465 e. The van der Waals surface area contributed by atoms with Crippen LogP contribution in [0.1, 0.15) is 22.3 Å². The number of hydrogen-bond donors (Lipinski definition) is 1. The molecule has 0 aromatic heterocycles. The molecule has 122 valence electrons. The molecule has 2 aromatic rings. The molecule has 0 unspecified atom stereocenters. The average Bonchev–Trinajstić information content (AvgIpc) is 2.77. The molecule has 0 spiro atoms. The van der Waals surface area contributed by atoms with Crippen LogP contribution in [0.15, 0.2) is 54.7 Å². The highest BCUT2D eigenvalue weighted by Crippen LogP contribution is 2.30. The van der Waals surface area contributed by atoms with Crippen LogP contribution < -0.4 is 10.2 Å². The summed E-state index contributed by atoms with van der Waals surface area (Å²) < 4.78 is 4.74. The SMILES string of the molecule is COC(=O)c1ccc2c(c1)NC(=O)CCN2/C=C/c1ccccc1. The van der Waals surface area contributed by atoms with Gasteiger partial charge in [-0.25, -0.2) is 4.79 Å². The molecule has 0 radical (unpaired) electrons. The van der Waals surface area contributed by atoms with E-state index in [1.165, 1.54) is 7.11 Å². The number of esters is 1. The van der Waals surface area contributed by atoms with Crippen LogP contribution in [0, 0.1) is 0 Å².